The highest BCUT2D eigenvalue weighted by Crippen LogP contribution is 2.17. The molecule has 1 rings (SSSR count). The van der Waals surface area contributed by atoms with E-state index in [4.69, 9.17) is 4.74 Å². The lowest BCUT2D eigenvalue weighted by molar-refractivity contribution is 0.0817. The summed E-state index contributed by atoms with van der Waals surface area (Å²) in [4.78, 5) is 11.1. The van der Waals surface area contributed by atoms with E-state index in [-0.39, 0.29) is 12.1 Å². The zero-order valence-corrected chi connectivity index (χ0v) is 8.30. The van der Waals surface area contributed by atoms with Gasteiger partial charge in [-0.1, -0.05) is 0 Å². The molecule has 76 valence electrons. The molecule has 0 radical (unpaired) electrons. The van der Waals surface area contributed by atoms with Gasteiger partial charge in [0.15, 0.2) is 0 Å². The van der Waals surface area contributed by atoms with Gasteiger partial charge in [0.2, 0.25) is 0 Å². The average molecular weight is 186 g/mol. The van der Waals surface area contributed by atoms with Crippen LogP contribution >= 0.6 is 0 Å². The van der Waals surface area contributed by atoms with Gasteiger partial charge in [0.05, 0.1) is 12.7 Å². The minimum Gasteiger partial charge on any atom is -0.377 e. The third-order valence-electron chi connectivity index (χ3n) is 1.75. The fourth-order valence-electron chi connectivity index (χ4n) is 0.923. The molecule has 4 nitrogen and oxygen atoms in total. The molecule has 4 heteroatoms. The van der Waals surface area contributed by atoms with Gasteiger partial charge in [0, 0.05) is 12.6 Å². The predicted octanol–water partition coefficient (Wildman–Crippen LogP) is 0.873. The van der Waals surface area contributed by atoms with Crippen molar-refractivity contribution >= 4 is 6.03 Å². The normalized spacial score (nSPS) is 15.9. The molecule has 0 heterocycles. The molecule has 0 aliphatic heterocycles. The molecule has 0 unspecified atom stereocenters. The summed E-state index contributed by atoms with van der Waals surface area (Å²) in [5.74, 6) is 0. The van der Waals surface area contributed by atoms with Gasteiger partial charge >= 0.3 is 6.03 Å². The molecule has 0 aromatic rings. The smallest absolute Gasteiger partial charge is 0.315 e. The number of urea groups is 1. The molecule has 0 saturated heterocycles. The van der Waals surface area contributed by atoms with E-state index in [0.29, 0.717) is 19.2 Å². The highest BCUT2D eigenvalue weighted by atomic mass is 16.5. The molecule has 0 aromatic heterocycles. The first-order valence-corrected chi connectivity index (χ1v) is 4.84. The van der Waals surface area contributed by atoms with Gasteiger partial charge < -0.3 is 15.4 Å². The molecular formula is C9H18N2O2. The Hall–Kier alpha value is -0.770. The molecule has 0 atom stereocenters. The SMILES string of the molecule is CC(C)OCCNC(=O)NC1CC1. The Bertz CT molecular complexity index is 167. The van der Waals surface area contributed by atoms with E-state index in [9.17, 15) is 4.79 Å². The topological polar surface area (TPSA) is 50.4 Å². The standard InChI is InChI=1S/C9H18N2O2/c1-7(2)13-6-5-10-9(12)11-8-3-4-8/h7-8H,3-6H2,1-2H3,(H2,10,11,12). The van der Waals surface area contributed by atoms with E-state index in [2.05, 4.69) is 10.6 Å². The number of ether oxygens (including phenoxy) is 1. The summed E-state index contributed by atoms with van der Waals surface area (Å²) < 4.78 is 5.27. The van der Waals surface area contributed by atoms with Gasteiger partial charge in [-0.15, -0.1) is 0 Å². The summed E-state index contributed by atoms with van der Waals surface area (Å²) in [6, 6.07) is 0.348. The summed E-state index contributed by atoms with van der Waals surface area (Å²) >= 11 is 0. The number of carbonyl (C=O) groups excluding carboxylic acids is 1. The van der Waals surface area contributed by atoms with Crippen LogP contribution in [-0.2, 0) is 4.74 Å². The first-order valence-electron chi connectivity index (χ1n) is 4.84. The van der Waals surface area contributed by atoms with Crippen LogP contribution in [0.3, 0.4) is 0 Å². The van der Waals surface area contributed by atoms with Crippen molar-refractivity contribution in [3.05, 3.63) is 0 Å². The molecule has 13 heavy (non-hydrogen) atoms. The van der Waals surface area contributed by atoms with Crippen LogP contribution in [0.5, 0.6) is 0 Å². The molecule has 1 fully saturated rings. The van der Waals surface area contributed by atoms with Gasteiger partial charge in [-0.2, -0.15) is 0 Å². The minimum absolute atomic E-state index is 0.0742. The average Bonchev–Trinajstić information content (AvgIpc) is 2.81. The van der Waals surface area contributed by atoms with Crippen LogP contribution in [-0.4, -0.2) is 31.3 Å². The second-order valence-electron chi connectivity index (χ2n) is 3.59. The second-order valence-corrected chi connectivity index (χ2v) is 3.59. The van der Waals surface area contributed by atoms with Crippen molar-refractivity contribution in [2.75, 3.05) is 13.2 Å². The van der Waals surface area contributed by atoms with Crippen LogP contribution in [0, 0.1) is 0 Å². The Morgan fingerprint density at radius 1 is 1.54 bits per heavy atom. The van der Waals surface area contributed by atoms with Gasteiger partial charge in [0.1, 0.15) is 0 Å². The zero-order valence-electron chi connectivity index (χ0n) is 8.30. The van der Waals surface area contributed by atoms with Gasteiger partial charge in [-0.05, 0) is 26.7 Å². The largest absolute Gasteiger partial charge is 0.377 e. The lowest BCUT2D eigenvalue weighted by Crippen LogP contribution is -2.38. The van der Waals surface area contributed by atoms with Gasteiger partial charge in [0.25, 0.3) is 0 Å². The molecule has 0 bridgehead atoms. The molecular weight excluding hydrogens is 168 g/mol. The number of hydrogen-bond acceptors (Lipinski definition) is 2. The lowest BCUT2D eigenvalue weighted by atomic mass is 10.5. The molecule has 1 saturated carbocycles. The zero-order chi connectivity index (χ0) is 9.68. The van der Waals surface area contributed by atoms with Gasteiger partial charge in [-0.3, -0.25) is 0 Å². The van der Waals surface area contributed by atoms with E-state index < -0.39 is 0 Å². The third-order valence-corrected chi connectivity index (χ3v) is 1.75. The lowest BCUT2D eigenvalue weighted by Gasteiger charge is -2.08. The van der Waals surface area contributed by atoms with Crippen LogP contribution in [0.1, 0.15) is 26.7 Å². The maximum absolute atomic E-state index is 11.1. The maximum Gasteiger partial charge on any atom is 0.315 e. The van der Waals surface area contributed by atoms with E-state index in [1.165, 1.54) is 0 Å². The highest BCUT2D eigenvalue weighted by molar-refractivity contribution is 5.74. The van der Waals surface area contributed by atoms with Gasteiger partial charge in [-0.25, -0.2) is 4.79 Å². The summed E-state index contributed by atoms with van der Waals surface area (Å²) in [6.07, 6.45) is 2.47. The van der Waals surface area contributed by atoms with Crippen molar-refractivity contribution in [2.24, 2.45) is 0 Å². The van der Waals surface area contributed by atoms with E-state index in [1.54, 1.807) is 0 Å². The minimum atomic E-state index is -0.0742. The summed E-state index contributed by atoms with van der Waals surface area (Å²) in [6.45, 7) is 5.11. The number of nitrogens with one attached hydrogen (secondary N) is 2. The maximum atomic E-state index is 11.1. The molecule has 2 N–H and O–H groups in total. The van der Waals surface area contributed by atoms with Crippen molar-refractivity contribution in [2.45, 2.75) is 38.8 Å². The Morgan fingerprint density at radius 2 is 2.23 bits per heavy atom. The monoisotopic (exact) mass is 186 g/mol. The number of amides is 2. The molecule has 0 spiro atoms. The number of hydrogen-bond donors (Lipinski definition) is 2. The quantitative estimate of drug-likeness (QED) is 0.626. The number of rotatable bonds is 5. The Morgan fingerprint density at radius 3 is 2.77 bits per heavy atom. The van der Waals surface area contributed by atoms with Crippen LogP contribution in [0.2, 0.25) is 0 Å². The van der Waals surface area contributed by atoms with Crippen molar-refractivity contribution in [3.8, 4) is 0 Å². The van der Waals surface area contributed by atoms with E-state index in [1.807, 2.05) is 13.8 Å². The molecule has 1 aliphatic carbocycles. The van der Waals surface area contributed by atoms with Crippen LogP contribution in [0.15, 0.2) is 0 Å². The Balaban J connectivity index is 1.89. The summed E-state index contributed by atoms with van der Waals surface area (Å²) in [5, 5.41) is 5.57. The Kier molecular flexibility index (Phi) is 4.02. The van der Waals surface area contributed by atoms with E-state index >= 15 is 0 Å². The van der Waals surface area contributed by atoms with Crippen molar-refractivity contribution in [1.29, 1.82) is 0 Å². The van der Waals surface area contributed by atoms with E-state index in [0.717, 1.165) is 12.8 Å². The van der Waals surface area contributed by atoms with Crippen molar-refractivity contribution < 1.29 is 9.53 Å². The summed E-state index contributed by atoms with van der Waals surface area (Å²) in [7, 11) is 0. The second kappa shape index (κ2) is 5.07. The molecule has 0 aromatic carbocycles. The van der Waals surface area contributed by atoms with Crippen LogP contribution in [0.25, 0.3) is 0 Å². The van der Waals surface area contributed by atoms with Crippen molar-refractivity contribution in [1.82, 2.24) is 10.6 Å². The predicted molar refractivity (Wildman–Crippen MR) is 50.6 cm³/mol. The first kappa shape index (κ1) is 10.3. The molecule has 1 aliphatic rings. The summed E-state index contributed by atoms with van der Waals surface area (Å²) in [5.41, 5.74) is 0. The fourth-order valence-corrected chi connectivity index (χ4v) is 0.923. The molecule has 2 amide bonds. The van der Waals surface area contributed by atoms with Crippen LogP contribution in [0.4, 0.5) is 4.79 Å². The van der Waals surface area contributed by atoms with Crippen molar-refractivity contribution in [3.63, 3.8) is 0 Å². The highest BCUT2D eigenvalue weighted by Gasteiger charge is 2.22. The third kappa shape index (κ3) is 5.47. The first-order chi connectivity index (χ1) is 6.18. The Labute approximate surface area is 79.0 Å². The number of carbonyl (C=O) groups is 1. The van der Waals surface area contributed by atoms with Crippen LogP contribution < -0.4 is 10.6 Å². The fraction of sp³-hybridized carbons (Fsp3) is 0.889.